The Bertz CT molecular complexity index is 3920. The Balaban J connectivity index is 0.863. The molecule has 8 aromatic carbocycles. The molecule has 0 amide bonds. The van der Waals surface area contributed by atoms with Gasteiger partial charge >= 0.3 is 0 Å². The Kier molecular flexibility index (Phi) is 8.04. The molecule has 8 nitrogen and oxygen atoms in total. The Morgan fingerprint density at radius 2 is 0.922 bits per heavy atom. The van der Waals surface area contributed by atoms with Crippen molar-refractivity contribution in [2.75, 3.05) is 0 Å². The lowest BCUT2D eigenvalue weighted by molar-refractivity contribution is 0.651. The molecule has 13 aromatic rings. The van der Waals surface area contributed by atoms with Crippen molar-refractivity contribution in [2.24, 2.45) is 0 Å². The molecule has 0 radical (unpaired) electrons. The van der Waals surface area contributed by atoms with Gasteiger partial charge in [-0.1, -0.05) is 140 Å². The largest absolute Gasteiger partial charge is 0.434 e. The van der Waals surface area contributed by atoms with Crippen LogP contribution in [0.2, 0.25) is 0 Å². The number of benzene rings is 8. The lowest BCUT2D eigenvalue weighted by Gasteiger charge is -2.11. The number of hydrogen-bond acceptors (Lipinski definition) is 7. The third-order valence-corrected chi connectivity index (χ3v) is 12.1. The van der Waals surface area contributed by atoms with E-state index < -0.39 is 0 Å². The molecule has 298 valence electrons. The van der Waals surface area contributed by atoms with E-state index in [9.17, 15) is 0 Å². The minimum absolute atomic E-state index is 0.521. The van der Waals surface area contributed by atoms with Crippen LogP contribution in [0, 0.1) is 0 Å². The van der Waals surface area contributed by atoms with Crippen LogP contribution < -0.4 is 0 Å². The van der Waals surface area contributed by atoms with Crippen molar-refractivity contribution in [1.82, 2.24) is 34.5 Å². The Morgan fingerprint density at radius 1 is 0.344 bits per heavy atom. The van der Waals surface area contributed by atoms with Crippen LogP contribution in [0.3, 0.4) is 0 Å². The van der Waals surface area contributed by atoms with Gasteiger partial charge in [0, 0.05) is 50.5 Å². The standard InChI is InChI=1S/C56H33N7O/c1-2-11-34(12-3-1)53-60-54(62-55(61-53)41-15-10-16-44(30-41)63-48-19-8-6-17-45(48)46-18-7-9-20-49(46)63)36-23-21-35(22-24-36)52-57-33-50-51(59-52)47-31-43(32-58-56(47)64-50)40-26-25-39-27-37-13-4-5-14-38(37)28-42(39)29-40/h1-33H. The summed E-state index contributed by atoms with van der Waals surface area (Å²) in [5.74, 6) is 2.32. The summed E-state index contributed by atoms with van der Waals surface area (Å²) >= 11 is 0. The fourth-order valence-electron chi connectivity index (χ4n) is 8.97. The number of aromatic nitrogens is 7. The second-order valence-corrected chi connectivity index (χ2v) is 16.0. The van der Waals surface area contributed by atoms with E-state index in [1.54, 1.807) is 6.20 Å². The second kappa shape index (κ2) is 14.4. The fourth-order valence-corrected chi connectivity index (χ4v) is 8.97. The molecule has 0 aliphatic carbocycles. The zero-order chi connectivity index (χ0) is 42.1. The quantitative estimate of drug-likeness (QED) is 0.154. The molecular formula is C56H33N7O. The van der Waals surface area contributed by atoms with Gasteiger partial charge in [-0.15, -0.1) is 0 Å². The first-order valence-corrected chi connectivity index (χ1v) is 21.2. The molecule has 5 aromatic heterocycles. The van der Waals surface area contributed by atoms with Gasteiger partial charge in [0.05, 0.1) is 22.6 Å². The van der Waals surface area contributed by atoms with E-state index in [0.717, 1.165) is 55.5 Å². The maximum atomic E-state index is 6.13. The van der Waals surface area contributed by atoms with Gasteiger partial charge in [-0.3, -0.25) is 0 Å². The van der Waals surface area contributed by atoms with E-state index in [4.69, 9.17) is 34.3 Å². The molecule has 0 atom stereocenters. The predicted octanol–water partition coefficient (Wildman–Crippen LogP) is 13.7. The molecule has 13 rings (SSSR count). The third kappa shape index (κ3) is 6.00. The highest BCUT2D eigenvalue weighted by atomic mass is 16.3. The Morgan fingerprint density at radius 3 is 1.66 bits per heavy atom. The summed E-state index contributed by atoms with van der Waals surface area (Å²) in [6.07, 6.45) is 3.59. The third-order valence-electron chi connectivity index (χ3n) is 12.1. The highest BCUT2D eigenvalue weighted by molar-refractivity contribution is 6.09. The zero-order valence-electron chi connectivity index (χ0n) is 34.1. The van der Waals surface area contributed by atoms with Crippen molar-refractivity contribution in [1.29, 1.82) is 0 Å². The Hall–Kier alpha value is -8.88. The minimum atomic E-state index is 0.521. The molecule has 0 bridgehead atoms. The molecule has 5 heterocycles. The number of para-hydroxylation sites is 2. The van der Waals surface area contributed by atoms with Gasteiger partial charge < -0.3 is 8.98 Å². The normalized spacial score (nSPS) is 11.8. The van der Waals surface area contributed by atoms with E-state index >= 15 is 0 Å². The predicted molar refractivity (Wildman–Crippen MR) is 257 cm³/mol. The summed E-state index contributed by atoms with van der Waals surface area (Å²) < 4.78 is 8.44. The van der Waals surface area contributed by atoms with Crippen LogP contribution >= 0.6 is 0 Å². The summed E-state index contributed by atoms with van der Waals surface area (Å²) in [6, 6.07) is 65.1. The maximum Gasteiger partial charge on any atom is 0.229 e. The Labute approximate surface area is 365 Å². The van der Waals surface area contributed by atoms with Crippen LogP contribution in [-0.2, 0) is 0 Å². The van der Waals surface area contributed by atoms with Gasteiger partial charge in [0.1, 0.15) is 5.52 Å². The van der Waals surface area contributed by atoms with Gasteiger partial charge in [-0.2, -0.15) is 0 Å². The first-order valence-electron chi connectivity index (χ1n) is 21.2. The van der Waals surface area contributed by atoms with Crippen LogP contribution in [-0.4, -0.2) is 34.5 Å². The number of pyridine rings is 1. The molecule has 0 aliphatic rings. The summed E-state index contributed by atoms with van der Waals surface area (Å²) in [4.78, 5) is 29.6. The summed E-state index contributed by atoms with van der Waals surface area (Å²) in [5.41, 5.74) is 10.7. The van der Waals surface area contributed by atoms with Crippen molar-refractivity contribution in [3.05, 3.63) is 200 Å². The highest BCUT2D eigenvalue weighted by Crippen LogP contribution is 2.36. The van der Waals surface area contributed by atoms with Crippen molar-refractivity contribution in [3.8, 4) is 62.4 Å². The number of furan rings is 1. The summed E-state index contributed by atoms with van der Waals surface area (Å²) in [7, 11) is 0. The molecule has 0 saturated carbocycles. The van der Waals surface area contributed by atoms with Gasteiger partial charge in [0.2, 0.25) is 5.71 Å². The number of hydrogen-bond donors (Lipinski definition) is 0. The molecule has 64 heavy (non-hydrogen) atoms. The molecule has 0 N–H and O–H groups in total. The van der Waals surface area contributed by atoms with Crippen LogP contribution in [0.25, 0.3) is 128 Å². The number of fused-ring (bicyclic) bond motifs is 8. The molecule has 0 spiro atoms. The first-order chi connectivity index (χ1) is 31.7. The van der Waals surface area contributed by atoms with E-state index in [1.807, 2.05) is 60.8 Å². The van der Waals surface area contributed by atoms with Crippen molar-refractivity contribution >= 4 is 65.6 Å². The first kappa shape index (κ1) is 35.8. The van der Waals surface area contributed by atoms with E-state index in [0.29, 0.717) is 40.1 Å². The average Bonchev–Trinajstić information content (AvgIpc) is 3.91. The van der Waals surface area contributed by atoms with E-state index in [1.165, 1.54) is 32.3 Å². The van der Waals surface area contributed by atoms with Gasteiger partial charge in [-0.05, 0) is 75.6 Å². The molecule has 0 saturated heterocycles. The van der Waals surface area contributed by atoms with Crippen LogP contribution in [0.4, 0.5) is 0 Å². The fraction of sp³-hybridized carbons (Fsp3) is 0. The van der Waals surface area contributed by atoms with Gasteiger partial charge in [0.25, 0.3) is 0 Å². The van der Waals surface area contributed by atoms with Crippen LogP contribution in [0.15, 0.2) is 205 Å². The highest BCUT2D eigenvalue weighted by Gasteiger charge is 2.18. The molecular weight excluding hydrogens is 787 g/mol. The molecule has 0 unspecified atom stereocenters. The monoisotopic (exact) mass is 819 g/mol. The van der Waals surface area contributed by atoms with E-state index in [-0.39, 0.29) is 0 Å². The van der Waals surface area contributed by atoms with Crippen molar-refractivity contribution < 1.29 is 4.42 Å². The average molecular weight is 820 g/mol. The van der Waals surface area contributed by atoms with Crippen LogP contribution in [0.5, 0.6) is 0 Å². The van der Waals surface area contributed by atoms with Crippen LogP contribution in [0.1, 0.15) is 0 Å². The minimum Gasteiger partial charge on any atom is -0.434 e. The molecule has 0 aliphatic heterocycles. The van der Waals surface area contributed by atoms with Gasteiger partial charge in [-0.25, -0.2) is 29.9 Å². The van der Waals surface area contributed by atoms with Crippen molar-refractivity contribution in [2.45, 2.75) is 0 Å². The second-order valence-electron chi connectivity index (χ2n) is 16.0. The summed E-state index contributed by atoms with van der Waals surface area (Å²) in [5, 5.41) is 8.07. The number of nitrogens with zero attached hydrogens (tertiary/aromatic N) is 7. The zero-order valence-corrected chi connectivity index (χ0v) is 34.1. The lowest BCUT2D eigenvalue weighted by Crippen LogP contribution is -2.01. The topological polar surface area (TPSA) is 95.4 Å². The number of rotatable bonds is 6. The summed E-state index contributed by atoms with van der Waals surface area (Å²) in [6.45, 7) is 0. The molecule has 0 fully saturated rings. The van der Waals surface area contributed by atoms with Crippen molar-refractivity contribution in [3.63, 3.8) is 0 Å². The smallest absolute Gasteiger partial charge is 0.229 e. The molecule has 8 heteroatoms. The SMILES string of the molecule is c1ccc(-c2nc(-c3ccc(-c4ncc5oc6ncc(-c7ccc8cc9ccccc9cc8c7)cc6c5n4)cc3)nc(-c3cccc(-n4c5ccccc5c5ccccc54)c3)n2)cc1. The lowest BCUT2D eigenvalue weighted by atomic mass is 9.99. The van der Waals surface area contributed by atoms with Gasteiger partial charge in [0.15, 0.2) is 28.9 Å². The van der Waals surface area contributed by atoms with E-state index in [2.05, 4.69) is 138 Å². The maximum absolute atomic E-state index is 6.13.